The highest BCUT2D eigenvalue weighted by Crippen LogP contribution is 2.39. The lowest BCUT2D eigenvalue weighted by Crippen LogP contribution is -2.08. The monoisotopic (exact) mass is 338 g/mol. The number of halogens is 1. The quantitative estimate of drug-likeness (QED) is 0.612. The lowest BCUT2D eigenvalue weighted by molar-refractivity contribution is -0.282. The predicted molar refractivity (Wildman–Crippen MR) is 75.8 cm³/mol. The average Bonchev–Trinajstić information content (AvgIpc) is 2.76. The minimum absolute atomic E-state index is 0.324. The molecule has 0 amide bonds. The molecule has 2 aromatic rings. The lowest BCUT2D eigenvalue weighted by Gasteiger charge is -2.21. The molecule has 1 saturated carbocycles. The van der Waals surface area contributed by atoms with Crippen molar-refractivity contribution in [3.8, 4) is 11.3 Å². The van der Waals surface area contributed by atoms with Gasteiger partial charge in [0.1, 0.15) is 12.3 Å². The molecule has 1 fully saturated rings. The fourth-order valence-electron chi connectivity index (χ4n) is 2.09. The van der Waals surface area contributed by atoms with Crippen LogP contribution in [0.3, 0.4) is 0 Å². The Balaban J connectivity index is 1.79. The summed E-state index contributed by atoms with van der Waals surface area (Å²) >= 11 is 3.43. The van der Waals surface area contributed by atoms with Crippen LogP contribution in [-0.4, -0.2) is 17.1 Å². The van der Waals surface area contributed by atoms with Crippen molar-refractivity contribution in [2.24, 2.45) is 0 Å². The molecule has 2 aromatic heterocycles. The fourth-order valence-corrected chi connectivity index (χ4v) is 2.58. The summed E-state index contributed by atoms with van der Waals surface area (Å²) in [6.45, 7) is 0.324. The summed E-state index contributed by atoms with van der Waals surface area (Å²) in [5.41, 5.74) is 2.53. The van der Waals surface area contributed by atoms with Crippen LogP contribution in [0.5, 0.6) is 0 Å². The molecule has 0 radical (unpaired) electrons. The van der Waals surface area contributed by atoms with Crippen molar-refractivity contribution in [2.45, 2.75) is 31.8 Å². The highest BCUT2D eigenvalue weighted by molar-refractivity contribution is 9.10. The largest absolute Gasteiger partial charge is 0.433 e. The van der Waals surface area contributed by atoms with Gasteiger partial charge >= 0.3 is 0 Å². The van der Waals surface area contributed by atoms with E-state index in [1.165, 1.54) is 13.5 Å². The Morgan fingerprint density at radius 1 is 1.40 bits per heavy atom. The van der Waals surface area contributed by atoms with Crippen LogP contribution in [0.25, 0.3) is 11.3 Å². The van der Waals surface area contributed by atoms with E-state index in [0.717, 1.165) is 35.7 Å². The molecule has 0 N–H and O–H groups in total. The molecular formula is C14H15BrN2O3. The van der Waals surface area contributed by atoms with E-state index in [1.54, 1.807) is 6.20 Å². The predicted octanol–water partition coefficient (Wildman–Crippen LogP) is 3.84. The first kappa shape index (κ1) is 13.7. The normalized spacial score (nSPS) is 15.3. The van der Waals surface area contributed by atoms with Crippen LogP contribution in [-0.2, 0) is 16.4 Å². The summed E-state index contributed by atoms with van der Waals surface area (Å²) in [7, 11) is 1.48. The zero-order valence-electron chi connectivity index (χ0n) is 11.1. The van der Waals surface area contributed by atoms with Crippen LogP contribution in [0.1, 0.15) is 36.8 Å². The molecule has 20 heavy (non-hydrogen) atoms. The molecule has 1 aliphatic rings. The summed E-state index contributed by atoms with van der Waals surface area (Å²) in [5, 5.41) is 0. The second-order valence-electron chi connectivity index (χ2n) is 4.77. The van der Waals surface area contributed by atoms with E-state index in [1.807, 2.05) is 12.1 Å². The van der Waals surface area contributed by atoms with Gasteiger partial charge in [-0.1, -0.05) is 6.42 Å². The van der Waals surface area contributed by atoms with Gasteiger partial charge in [-0.15, -0.1) is 0 Å². The molecule has 106 valence electrons. The standard InChI is InChI=1S/C14H15BrN2O3/c1-18-19-8-11-6-5-10(7-16-11)12-13(15)20-14(17-12)9-3-2-4-9/h5-7,9H,2-4,8H2,1H3. The first-order chi connectivity index (χ1) is 9.78. The zero-order chi connectivity index (χ0) is 13.9. The first-order valence-electron chi connectivity index (χ1n) is 6.55. The third-order valence-corrected chi connectivity index (χ3v) is 4.02. The Morgan fingerprint density at radius 2 is 2.25 bits per heavy atom. The molecular weight excluding hydrogens is 324 g/mol. The number of pyridine rings is 1. The molecule has 2 heterocycles. The van der Waals surface area contributed by atoms with Crippen LogP contribution < -0.4 is 0 Å². The van der Waals surface area contributed by atoms with Crippen LogP contribution in [0.2, 0.25) is 0 Å². The third-order valence-electron chi connectivity index (χ3n) is 3.48. The zero-order valence-corrected chi connectivity index (χ0v) is 12.7. The minimum atomic E-state index is 0.324. The molecule has 1 aliphatic carbocycles. The molecule has 6 heteroatoms. The van der Waals surface area contributed by atoms with Gasteiger partial charge in [0.15, 0.2) is 10.6 Å². The van der Waals surface area contributed by atoms with E-state index < -0.39 is 0 Å². The molecule has 3 rings (SSSR count). The van der Waals surface area contributed by atoms with Gasteiger partial charge in [0.05, 0.1) is 12.8 Å². The summed E-state index contributed by atoms with van der Waals surface area (Å²) in [6.07, 6.45) is 5.35. The van der Waals surface area contributed by atoms with Crippen molar-refractivity contribution in [1.82, 2.24) is 9.97 Å². The average molecular weight is 339 g/mol. The maximum atomic E-state index is 5.70. The van der Waals surface area contributed by atoms with Crippen molar-refractivity contribution in [2.75, 3.05) is 7.11 Å². The second-order valence-corrected chi connectivity index (χ2v) is 5.49. The number of rotatable bonds is 5. The molecule has 0 atom stereocenters. The Bertz CT molecular complexity index is 579. The van der Waals surface area contributed by atoms with Gasteiger partial charge in [0, 0.05) is 17.7 Å². The van der Waals surface area contributed by atoms with Crippen LogP contribution in [0.15, 0.2) is 27.4 Å². The molecule has 0 aromatic carbocycles. The Morgan fingerprint density at radius 3 is 2.85 bits per heavy atom. The molecule has 0 aliphatic heterocycles. The van der Waals surface area contributed by atoms with Crippen molar-refractivity contribution in [3.63, 3.8) is 0 Å². The van der Waals surface area contributed by atoms with Gasteiger partial charge in [-0.25, -0.2) is 14.8 Å². The van der Waals surface area contributed by atoms with Crippen LogP contribution in [0, 0.1) is 0 Å². The van der Waals surface area contributed by atoms with Gasteiger partial charge in [-0.3, -0.25) is 4.98 Å². The van der Waals surface area contributed by atoms with Crippen LogP contribution in [0.4, 0.5) is 0 Å². The van der Waals surface area contributed by atoms with E-state index in [2.05, 4.69) is 30.8 Å². The number of hydrogen-bond donors (Lipinski definition) is 0. The molecule has 5 nitrogen and oxygen atoms in total. The molecule has 0 bridgehead atoms. The van der Waals surface area contributed by atoms with E-state index in [4.69, 9.17) is 9.30 Å². The number of nitrogens with zero attached hydrogens (tertiary/aromatic N) is 2. The summed E-state index contributed by atoms with van der Waals surface area (Å²) < 4.78 is 6.37. The van der Waals surface area contributed by atoms with Gasteiger partial charge in [0.2, 0.25) is 0 Å². The Kier molecular flexibility index (Phi) is 4.14. The Hall–Kier alpha value is -1.24. The minimum Gasteiger partial charge on any atom is -0.433 e. The smallest absolute Gasteiger partial charge is 0.199 e. The lowest BCUT2D eigenvalue weighted by atomic mass is 9.85. The maximum Gasteiger partial charge on any atom is 0.199 e. The molecule has 0 spiro atoms. The third kappa shape index (κ3) is 2.77. The van der Waals surface area contributed by atoms with E-state index >= 15 is 0 Å². The number of aromatic nitrogens is 2. The molecule has 0 saturated heterocycles. The van der Waals surface area contributed by atoms with E-state index in [0.29, 0.717) is 17.2 Å². The van der Waals surface area contributed by atoms with Crippen molar-refractivity contribution in [1.29, 1.82) is 0 Å². The van der Waals surface area contributed by atoms with Gasteiger partial charge in [-0.2, -0.15) is 0 Å². The summed E-state index contributed by atoms with van der Waals surface area (Å²) in [4.78, 5) is 18.3. The van der Waals surface area contributed by atoms with Crippen molar-refractivity contribution >= 4 is 15.9 Å². The van der Waals surface area contributed by atoms with Crippen molar-refractivity contribution < 1.29 is 14.2 Å². The fraction of sp³-hybridized carbons (Fsp3) is 0.429. The first-order valence-corrected chi connectivity index (χ1v) is 7.34. The SMILES string of the molecule is COOCc1ccc(-c2nc(C3CCC3)oc2Br)cn1. The van der Waals surface area contributed by atoms with Crippen molar-refractivity contribution in [3.05, 3.63) is 34.6 Å². The summed E-state index contributed by atoms with van der Waals surface area (Å²) in [6, 6.07) is 3.84. The summed E-state index contributed by atoms with van der Waals surface area (Å²) in [5.74, 6) is 1.30. The maximum absolute atomic E-state index is 5.70. The van der Waals surface area contributed by atoms with Gasteiger partial charge in [-0.05, 0) is 40.9 Å². The topological polar surface area (TPSA) is 57.4 Å². The van der Waals surface area contributed by atoms with Crippen LogP contribution >= 0.6 is 15.9 Å². The van der Waals surface area contributed by atoms with Gasteiger partial charge < -0.3 is 4.42 Å². The van der Waals surface area contributed by atoms with E-state index in [9.17, 15) is 0 Å². The number of hydrogen-bond acceptors (Lipinski definition) is 5. The van der Waals surface area contributed by atoms with E-state index in [-0.39, 0.29) is 0 Å². The van der Waals surface area contributed by atoms with Gasteiger partial charge in [0.25, 0.3) is 0 Å². The second kappa shape index (κ2) is 6.03. The Labute approximate surface area is 125 Å². The number of oxazole rings is 1. The molecule has 0 unspecified atom stereocenters. The highest BCUT2D eigenvalue weighted by Gasteiger charge is 2.26. The highest BCUT2D eigenvalue weighted by atomic mass is 79.9.